The Bertz CT molecular complexity index is 616. The Hall–Kier alpha value is -2.08. The predicted octanol–water partition coefficient (Wildman–Crippen LogP) is 2.87. The van der Waals surface area contributed by atoms with Crippen molar-refractivity contribution in [2.75, 3.05) is 11.1 Å². The van der Waals surface area contributed by atoms with Gasteiger partial charge in [-0.15, -0.1) is 0 Å². The van der Waals surface area contributed by atoms with Crippen LogP contribution >= 0.6 is 11.3 Å². The lowest BCUT2D eigenvalue weighted by Gasteiger charge is -2.19. The van der Waals surface area contributed by atoms with Crippen LogP contribution in [0.25, 0.3) is 0 Å². The molecule has 0 aliphatic heterocycles. The maximum Gasteiger partial charge on any atom is 0.265 e. The molecule has 2 aromatic rings. The summed E-state index contributed by atoms with van der Waals surface area (Å²) in [7, 11) is 0. The molecule has 1 heterocycles. The van der Waals surface area contributed by atoms with Crippen molar-refractivity contribution in [1.82, 2.24) is 10.3 Å². The summed E-state index contributed by atoms with van der Waals surface area (Å²) in [5.41, 5.74) is 6.75. The first-order chi connectivity index (χ1) is 9.85. The molecular formula is C15H20N4OS. The van der Waals surface area contributed by atoms with Crippen LogP contribution in [-0.4, -0.2) is 16.4 Å². The largest absolute Gasteiger partial charge is 0.382 e. The number of hydrogen-bond acceptors (Lipinski definition) is 5. The molecule has 2 rings (SSSR count). The third kappa shape index (κ3) is 4.46. The number of thiazole rings is 1. The monoisotopic (exact) mass is 304 g/mol. The summed E-state index contributed by atoms with van der Waals surface area (Å²) in [6, 6.07) is 9.74. The first kappa shape index (κ1) is 15.3. The molecule has 1 aromatic carbocycles. The van der Waals surface area contributed by atoms with Crippen LogP contribution in [-0.2, 0) is 6.54 Å². The van der Waals surface area contributed by atoms with Crippen molar-refractivity contribution in [3.8, 4) is 0 Å². The summed E-state index contributed by atoms with van der Waals surface area (Å²) in [6.45, 7) is 6.55. The number of nitrogens with two attached hydrogens (primary N) is 1. The molecule has 0 atom stereocenters. The Morgan fingerprint density at radius 2 is 1.95 bits per heavy atom. The maximum absolute atomic E-state index is 12.2. The van der Waals surface area contributed by atoms with Crippen LogP contribution < -0.4 is 16.4 Å². The van der Waals surface area contributed by atoms with E-state index in [0.717, 1.165) is 5.56 Å². The molecule has 0 aliphatic carbocycles. The minimum absolute atomic E-state index is 0.123. The molecule has 4 N–H and O–H groups in total. The van der Waals surface area contributed by atoms with E-state index >= 15 is 0 Å². The van der Waals surface area contributed by atoms with Crippen LogP contribution in [0.3, 0.4) is 0 Å². The maximum atomic E-state index is 12.2. The normalized spacial score (nSPS) is 11.2. The average Bonchev–Trinajstić information content (AvgIpc) is 2.76. The van der Waals surface area contributed by atoms with Gasteiger partial charge >= 0.3 is 0 Å². The Labute approximate surface area is 128 Å². The Balaban J connectivity index is 2.02. The van der Waals surface area contributed by atoms with Crippen molar-refractivity contribution in [2.45, 2.75) is 32.9 Å². The number of rotatable bonds is 4. The highest BCUT2D eigenvalue weighted by Gasteiger charge is 2.18. The molecule has 0 saturated carbocycles. The number of benzene rings is 1. The van der Waals surface area contributed by atoms with Gasteiger partial charge in [-0.05, 0) is 26.3 Å². The Morgan fingerprint density at radius 3 is 2.57 bits per heavy atom. The molecular weight excluding hydrogens is 284 g/mol. The molecule has 0 bridgehead atoms. The highest BCUT2D eigenvalue weighted by Crippen LogP contribution is 2.27. The summed E-state index contributed by atoms with van der Waals surface area (Å²) in [5.74, 6) is 0.0631. The van der Waals surface area contributed by atoms with Gasteiger partial charge < -0.3 is 16.4 Å². The van der Waals surface area contributed by atoms with Crippen molar-refractivity contribution in [1.29, 1.82) is 0 Å². The number of hydrogen-bond donors (Lipinski definition) is 3. The molecule has 0 radical (unpaired) electrons. The van der Waals surface area contributed by atoms with Gasteiger partial charge in [-0.3, -0.25) is 4.79 Å². The fourth-order valence-electron chi connectivity index (χ4n) is 1.73. The van der Waals surface area contributed by atoms with E-state index in [0.29, 0.717) is 16.6 Å². The van der Waals surface area contributed by atoms with E-state index in [1.165, 1.54) is 11.3 Å². The predicted molar refractivity (Wildman–Crippen MR) is 87.5 cm³/mol. The van der Waals surface area contributed by atoms with Crippen LogP contribution in [0.2, 0.25) is 0 Å². The lowest BCUT2D eigenvalue weighted by Crippen LogP contribution is -2.25. The van der Waals surface area contributed by atoms with Crippen LogP contribution in [0.15, 0.2) is 30.3 Å². The quantitative estimate of drug-likeness (QED) is 0.811. The molecule has 1 aromatic heterocycles. The standard InChI is InChI=1S/C15H20N4OS/c1-15(2,3)19-14-18-12(16)11(21-14)13(20)17-9-10-7-5-4-6-8-10/h4-8H,9,16H2,1-3H3,(H,17,20)(H,18,19). The molecule has 5 nitrogen and oxygen atoms in total. The van der Waals surface area contributed by atoms with E-state index in [4.69, 9.17) is 5.73 Å². The summed E-state index contributed by atoms with van der Waals surface area (Å²) in [5, 5.41) is 6.73. The van der Waals surface area contributed by atoms with Gasteiger partial charge in [0.15, 0.2) is 5.13 Å². The van der Waals surface area contributed by atoms with E-state index in [1.54, 1.807) is 0 Å². The van der Waals surface area contributed by atoms with Crippen LogP contribution in [0.1, 0.15) is 36.0 Å². The molecule has 0 saturated heterocycles. The van der Waals surface area contributed by atoms with Gasteiger partial charge in [-0.2, -0.15) is 0 Å². The van der Waals surface area contributed by atoms with Gasteiger partial charge in [0.25, 0.3) is 5.91 Å². The molecule has 0 unspecified atom stereocenters. The number of anilines is 2. The summed E-state index contributed by atoms with van der Waals surface area (Å²) < 4.78 is 0. The van der Waals surface area contributed by atoms with Crippen molar-refractivity contribution in [2.24, 2.45) is 0 Å². The zero-order valence-corrected chi connectivity index (χ0v) is 13.3. The molecule has 1 amide bonds. The van der Waals surface area contributed by atoms with Crippen molar-refractivity contribution < 1.29 is 4.79 Å². The van der Waals surface area contributed by atoms with Crippen molar-refractivity contribution in [3.05, 3.63) is 40.8 Å². The molecule has 21 heavy (non-hydrogen) atoms. The number of nitrogens with one attached hydrogen (secondary N) is 2. The van der Waals surface area contributed by atoms with Crippen molar-refractivity contribution >= 4 is 28.2 Å². The van der Waals surface area contributed by atoms with Gasteiger partial charge in [0.1, 0.15) is 10.7 Å². The highest BCUT2D eigenvalue weighted by molar-refractivity contribution is 7.18. The van der Waals surface area contributed by atoms with Gasteiger partial charge in [0.05, 0.1) is 0 Å². The number of amides is 1. The second-order valence-corrected chi connectivity index (χ2v) is 6.78. The first-order valence-electron chi connectivity index (χ1n) is 6.72. The van der Waals surface area contributed by atoms with E-state index < -0.39 is 0 Å². The summed E-state index contributed by atoms with van der Waals surface area (Å²) in [6.07, 6.45) is 0. The summed E-state index contributed by atoms with van der Waals surface area (Å²) in [4.78, 5) is 16.8. The number of carbonyl (C=O) groups excluding carboxylic acids is 1. The third-order valence-electron chi connectivity index (χ3n) is 2.64. The minimum Gasteiger partial charge on any atom is -0.382 e. The molecule has 6 heteroatoms. The lowest BCUT2D eigenvalue weighted by molar-refractivity contribution is 0.0955. The topological polar surface area (TPSA) is 80.0 Å². The fourth-order valence-corrected chi connectivity index (χ4v) is 2.74. The van der Waals surface area contributed by atoms with E-state index in [1.807, 2.05) is 51.1 Å². The average molecular weight is 304 g/mol. The number of carbonyl (C=O) groups is 1. The second-order valence-electron chi connectivity index (χ2n) is 5.78. The zero-order valence-electron chi connectivity index (χ0n) is 12.4. The first-order valence-corrected chi connectivity index (χ1v) is 7.53. The van der Waals surface area contributed by atoms with E-state index in [9.17, 15) is 4.79 Å². The number of nitrogens with zero attached hydrogens (tertiary/aromatic N) is 1. The molecule has 0 fully saturated rings. The second kappa shape index (κ2) is 6.13. The molecule has 0 aliphatic rings. The van der Waals surface area contributed by atoms with Gasteiger partial charge in [0, 0.05) is 12.1 Å². The van der Waals surface area contributed by atoms with Crippen molar-refractivity contribution in [3.63, 3.8) is 0 Å². The number of aromatic nitrogens is 1. The molecule has 0 spiro atoms. The Morgan fingerprint density at radius 1 is 1.29 bits per heavy atom. The smallest absolute Gasteiger partial charge is 0.265 e. The van der Waals surface area contributed by atoms with E-state index in [-0.39, 0.29) is 17.3 Å². The molecule has 112 valence electrons. The van der Waals surface area contributed by atoms with Gasteiger partial charge in [-0.25, -0.2) is 4.98 Å². The fraction of sp³-hybridized carbons (Fsp3) is 0.333. The van der Waals surface area contributed by atoms with Crippen LogP contribution in [0.4, 0.5) is 10.9 Å². The number of nitrogen functional groups attached to an aromatic ring is 1. The van der Waals surface area contributed by atoms with Crippen LogP contribution in [0, 0.1) is 0 Å². The van der Waals surface area contributed by atoms with E-state index in [2.05, 4.69) is 15.6 Å². The zero-order chi connectivity index (χ0) is 15.5. The third-order valence-corrected chi connectivity index (χ3v) is 3.62. The summed E-state index contributed by atoms with van der Waals surface area (Å²) >= 11 is 1.27. The SMILES string of the molecule is CC(C)(C)Nc1nc(N)c(C(=O)NCc2ccccc2)s1. The van der Waals surface area contributed by atoms with Crippen LogP contribution in [0.5, 0.6) is 0 Å². The minimum atomic E-state index is -0.198. The van der Waals surface area contributed by atoms with Gasteiger partial charge in [0.2, 0.25) is 0 Å². The Kier molecular flexibility index (Phi) is 4.47. The van der Waals surface area contributed by atoms with Gasteiger partial charge in [-0.1, -0.05) is 41.7 Å². The highest BCUT2D eigenvalue weighted by atomic mass is 32.1. The lowest BCUT2D eigenvalue weighted by atomic mass is 10.1.